The van der Waals surface area contributed by atoms with Gasteiger partial charge in [0.1, 0.15) is 17.3 Å². The van der Waals surface area contributed by atoms with Crippen molar-refractivity contribution in [2.75, 3.05) is 6.54 Å². The van der Waals surface area contributed by atoms with E-state index in [4.69, 9.17) is 0 Å². The Balaban J connectivity index is 1.59. The molecule has 0 bridgehead atoms. The second-order valence-corrected chi connectivity index (χ2v) is 9.58. The van der Waals surface area contributed by atoms with E-state index in [0.29, 0.717) is 4.31 Å². The third-order valence-corrected chi connectivity index (χ3v) is 7.58. The lowest BCUT2D eigenvalue weighted by Crippen LogP contribution is -2.47. The SMILES string of the molecule is O=C(CN1C(=O)c2ccccc2S1(=O)=O)N(Cc1ccc(F)cc1)C1CCCCC1. The lowest BCUT2D eigenvalue weighted by molar-refractivity contribution is -0.134. The first-order chi connectivity index (χ1) is 14.4. The Labute approximate surface area is 175 Å². The van der Waals surface area contributed by atoms with E-state index in [2.05, 4.69) is 0 Å². The fourth-order valence-corrected chi connectivity index (χ4v) is 5.72. The van der Waals surface area contributed by atoms with Gasteiger partial charge < -0.3 is 4.90 Å². The maximum absolute atomic E-state index is 13.3. The maximum Gasteiger partial charge on any atom is 0.269 e. The first-order valence-electron chi connectivity index (χ1n) is 10.1. The number of nitrogens with zero attached hydrogens (tertiary/aromatic N) is 2. The summed E-state index contributed by atoms with van der Waals surface area (Å²) >= 11 is 0. The Morgan fingerprint density at radius 1 is 1.03 bits per heavy atom. The van der Waals surface area contributed by atoms with Crippen molar-refractivity contribution in [2.45, 2.75) is 49.6 Å². The van der Waals surface area contributed by atoms with Gasteiger partial charge in [-0.3, -0.25) is 9.59 Å². The quantitative estimate of drug-likeness (QED) is 0.729. The number of fused-ring (bicyclic) bond motifs is 1. The number of amides is 2. The monoisotopic (exact) mass is 430 g/mol. The standard InChI is InChI=1S/C22H23FN2O4S/c23-17-12-10-16(11-13-17)14-24(18-6-2-1-3-7-18)21(26)15-25-22(27)19-8-4-5-9-20(19)30(25,28)29/h4-5,8-13,18H,1-3,6-7,14-15H2. The van der Waals surface area contributed by atoms with Crippen LogP contribution in [-0.4, -0.2) is 42.0 Å². The van der Waals surface area contributed by atoms with E-state index in [1.165, 1.54) is 24.3 Å². The fraction of sp³-hybridized carbons (Fsp3) is 0.364. The summed E-state index contributed by atoms with van der Waals surface area (Å²) in [5.41, 5.74) is 0.849. The van der Waals surface area contributed by atoms with Crippen molar-refractivity contribution in [1.29, 1.82) is 0 Å². The van der Waals surface area contributed by atoms with Gasteiger partial charge >= 0.3 is 0 Å². The molecule has 2 aliphatic rings. The highest BCUT2D eigenvalue weighted by Crippen LogP contribution is 2.31. The van der Waals surface area contributed by atoms with Gasteiger partial charge in [-0.05, 0) is 42.7 Å². The summed E-state index contributed by atoms with van der Waals surface area (Å²) in [5.74, 6) is -1.46. The van der Waals surface area contributed by atoms with Crippen LogP contribution in [0, 0.1) is 5.82 Å². The summed E-state index contributed by atoms with van der Waals surface area (Å²) in [6.07, 6.45) is 4.74. The molecule has 0 aromatic heterocycles. The molecule has 2 aromatic carbocycles. The molecule has 4 rings (SSSR count). The first kappa shape index (κ1) is 20.5. The molecule has 0 saturated heterocycles. The van der Waals surface area contributed by atoms with E-state index in [1.54, 1.807) is 29.2 Å². The lowest BCUT2D eigenvalue weighted by atomic mass is 9.93. The minimum absolute atomic E-state index is 0.0286. The average molecular weight is 431 g/mol. The molecule has 1 aliphatic heterocycles. The summed E-state index contributed by atoms with van der Waals surface area (Å²) in [6, 6.07) is 11.9. The molecule has 30 heavy (non-hydrogen) atoms. The molecule has 0 radical (unpaired) electrons. The molecule has 2 amide bonds. The molecule has 0 unspecified atom stereocenters. The minimum Gasteiger partial charge on any atom is -0.334 e. The van der Waals surface area contributed by atoms with E-state index < -0.39 is 28.4 Å². The van der Waals surface area contributed by atoms with Crippen LogP contribution in [0.25, 0.3) is 0 Å². The Morgan fingerprint density at radius 2 is 1.70 bits per heavy atom. The van der Waals surface area contributed by atoms with Crippen molar-refractivity contribution in [3.63, 3.8) is 0 Å². The first-order valence-corrected chi connectivity index (χ1v) is 11.5. The number of hydrogen-bond acceptors (Lipinski definition) is 4. The predicted octanol–water partition coefficient (Wildman–Crippen LogP) is 3.33. The van der Waals surface area contributed by atoms with Crippen molar-refractivity contribution in [3.8, 4) is 0 Å². The van der Waals surface area contributed by atoms with Crippen LogP contribution >= 0.6 is 0 Å². The third-order valence-electron chi connectivity index (χ3n) is 5.79. The van der Waals surface area contributed by atoms with Crippen molar-refractivity contribution >= 4 is 21.8 Å². The molecule has 1 fully saturated rings. The van der Waals surface area contributed by atoms with Gasteiger partial charge in [0.2, 0.25) is 5.91 Å². The van der Waals surface area contributed by atoms with Crippen LogP contribution in [0.15, 0.2) is 53.4 Å². The normalized spacial score (nSPS) is 18.3. The third kappa shape index (κ3) is 3.84. The second-order valence-electron chi connectivity index (χ2n) is 7.75. The van der Waals surface area contributed by atoms with Gasteiger partial charge in [0, 0.05) is 12.6 Å². The summed E-state index contributed by atoms with van der Waals surface area (Å²) in [7, 11) is -4.05. The van der Waals surface area contributed by atoms with Gasteiger partial charge in [-0.25, -0.2) is 17.1 Å². The summed E-state index contributed by atoms with van der Waals surface area (Å²) in [4.78, 5) is 27.5. The zero-order valence-electron chi connectivity index (χ0n) is 16.5. The van der Waals surface area contributed by atoms with Crippen LogP contribution < -0.4 is 0 Å². The van der Waals surface area contributed by atoms with Gasteiger partial charge in [0.25, 0.3) is 15.9 Å². The van der Waals surface area contributed by atoms with Crippen LogP contribution in [0.3, 0.4) is 0 Å². The number of carbonyl (C=O) groups is 2. The molecule has 1 saturated carbocycles. The maximum atomic E-state index is 13.3. The van der Waals surface area contributed by atoms with Crippen LogP contribution in [0.5, 0.6) is 0 Å². The number of benzene rings is 2. The van der Waals surface area contributed by atoms with E-state index >= 15 is 0 Å². The molecule has 6 nitrogen and oxygen atoms in total. The van der Waals surface area contributed by atoms with Crippen LogP contribution in [0.2, 0.25) is 0 Å². The molecule has 1 heterocycles. The fourth-order valence-electron chi connectivity index (χ4n) is 4.20. The molecule has 0 atom stereocenters. The van der Waals surface area contributed by atoms with Crippen molar-refractivity contribution in [2.24, 2.45) is 0 Å². The average Bonchev–Trinajstić information content (AvgIpc) is 2.95. The van der Waals surface area contributed by atoms with Crippen LogP contribution in [-0.2, 0) is 21.4 Å². The number of sulfonamides is 1. The van der Waals surface area contributed by atoms with E-state index in [1.807, 2.05) is 0 Å². The molecule has 0 spiro atoms. The molecule has 8 heteroatoms. The molecule has 158 valence electrons. The molecule has 2 aromatic rings. The Kier molecular flexibility index (Phi) is 5.60. The summed E-state index contributed by atoms with van der Waals surface area (Å²) in [6.45, 7) is -0.285. The smallest absolute Gasteiger partial charge is 0.269 e. The predicted molar refractivity (Wildman–Crippen MR) is 108 cm³/mol. The largest absolute Gasteiger partial charge is 0.334 e. The van der Waals surface area contributed by atoms with Gasteiger partial charge in [-0.15, -0.1) is 0 Å². The van der Waals surface area contributed by atoms with Gasteiger partial charge in [0.15, 0.2) is 0 Å². The molecule has 0 N–H and O–H groups in total. The Morgan fingerprint density at radius 3 is 2.37 bits per heavy atom. The highest BCUT2D eigenvalue weighted by atomic mass is 32.2. The van der Waals surface area contributed by atoms with Crippen molar-refractivity contribution < 1.29 is 22.4 Å². The van der Waals surface area contributed by atoms with Gasteiger partial charge in [-0.2, -0.15) is 0 Å². The zero-order valence-corrected chi connectivity index (χ0v) is 17.3. The highest BCUT2D eigenvalue weighted by molar-refractivity contribution is 7.90. The Hall–Kier alpha value is -2.74. The number of hydrogen-bond donors (Lipinski definition) is 0. The van der Waals surface area contributed by atoms with Crippen LogP contribution in [0.1, 0.15) is 48.0 Å². The number of rotatable bonds is 5. The topological polar surface area (TPSA) is 74.8 Å². The second kappa shape index (κ2) is 8.18. The van der Waals surface area contributed by atoms with Crippen molar-refractivity contribution in [3.05, 3.63) is 65.5 Å². The van der Waals surface area contributed by atoms with Gasteiger partial charge in [0.05, 0.1) is 5.56 Å². The van der Waals surface area contributed by atoms with E-state index in [0.717, 1.165) is 37.7 Å². The zero-order chi connectivity index (χ0) is 21.3. The van der Waals surface area contributed by atoms with E-state index in [9.17, 15) is 22.4 Å². The van der Waals surface area contributed by atoms with Crippen LogP contribution in [0.4, 0.5) is 4.39 Å². The summed E-state index contributed by atoms with van der Waals surface area (Å²) < 4.78 is 39.6. The number of carbonyl (C=O) groups excluding carboxylic acids is 2. The summed E-state index contributed by atoms with van der Waals surface area (Å²) in [5, 5.41) is 0. The van der Waals surface area contributed by atoms with E-state index in [-0.39, 0.29) is 28.9 Å². The number of halogens is 1. The molecule has 1 aliphatic carbocycles. The molecular formula is C22H23FN2O4S. The minimum atomic E-state index is -4.05. The molecular weight excluding hydrogens is 407 g/mol. The lowest BCUT2D eigenvalue weighted by Gasteiger charge is -2.35. The highest BCUT2D eigenvalue weighted by Gasteiger charge is 2.42. The van der Waals surface area contributed by atoms with Gasteiger partial charge in [-0.1, -0.05) is 43.5 Å². The van der Waals surface area contributed by atoms with Crippen molar-refractivity contribution in [1.82, 2.24) is 9.21 Å². The Bertz CT molecular complexity index is 1060.